The van der Waals surface area contributed by atoms with E-state index in [1.807, 2.05) is 0 Å². The Balaban J connectivity index is 0.00000196. The van der Waals surface area contributed by atoms with E-state index in [1.165, 1.54) is 18.3 Å². The molecule has 0 radical (unpaired) electrons. The van der Waals surface area contributed by atoms with E-state index >= 15 is 0 Å². The second kappa shape index (κ2) is 6.71. The molecule has 15 heavy (non-hydrogen) atoms. The van der Waals surface area contributed by atoms with E-state index in [0.29, 0.717) is 12.1 Å². The van der Waals surface area contributed by atoms with Gasteiger partial charge in [-0.25, -0.2) is 0 Å². The maximum absolute atomic E-state index is 12.0. The number of hydrogen-bond donors (Lipinski definition) is 0. The van der Waals surface area contributed by atoms with Crippen molar-refractivity contribution in [3.05, 3.63) is 29.6 Å². The van der Waals surface area contributed by atoms with Crippen molar-refractivity contribution in [3.63, 3.8) is 0 Å². The van der Waals surface area contributed by atoms with Gasteiger partial charge in [-0.05, 0) is 6.07 Å². The van der Waals surface area contributed by atoms with Gasteiger partial charge in [0, 0.05) is 6.20 Å². The van der Waals surface area contributed by atoms with Crippen LogP contribution in [-0.2, 0) is 12.7 Å². The average molecular weight is 237 g/mol. The van der Waals surface area contributed by atoms with Crippen LogP contribution in [0.1, 0.15) is 11.3 Å². The third-order valence-corrected chi connectivity index (χ3v) is 1.64. The monoisotopic (exact) mass is 237 g/mol. The van der Waals surface area contributed by atoms with Crippen LogP contribution in [0.5, 0.6) is 0 Å². The largest absolute Gasteiger partial charge is 1.00 e. The standard InChI is InChI=1S/C9H8BF3N.K/c1-2-3-9-5-4-8(7-14-9)6-10(11,12)13;/h1,4-5,7H,3,6H2;/q-1;+1. The fourth-order valence-electron chi connectivity index (χ4n) is 1.05. The van der Waals surface area contributed by atoms with E-state index in [9.17, 15) is 12.9 Å². The number of nitrogens with zero attached hydrogens (tertiary/aromatic N) is 1. The summed E-state index contributed by atoms with van der Waals surface area (Å²) in [6, 6.07) is 2.94. The zero-order valence-corrected chi connectivity index (χ0v) is 11.5. The van der Waals surface area contributed by atoms with Gasteiger partial charge in [-0.15, -0.1) is 12.3 Å². The Kier molecular flexibility index (Phi) is 6.80. The minimum absolute atomic E-state index is 0. The first-order valence-electron chi connectivity index (χ1n) is 4.09. The first-order chi connectivity index (χ1) is 6.51. The summed E-state index contributed by atoms with van der Waals surface area (Å²) >= 11 is 0. The molecule has 1 nitrogen and oxygen atoms in total. The average Bonchev–Trinajstić information content (AvgIpc) is 2.06. The van der Waals surface area contributed by atoms with Crippen LogP contribution < -0.4 is 51.4 Å². The second-order valence-electron chi connectivity index (χ2n) is 2.95. The summed E-state index contributed by atoms with van der Waals surface area (Å²) in [5.41, 5.74) is 0.796. The molecule has 0 saturated heterocycles. The molecule has 6 heteroatoms. The number of terminal acetylenes is 1. The SMILES string of the molecule is C#CCc1ccc(C[B-](F)(F)F)cn1.[K+]. The molecule has 0 spiro atoms. The van der Waals surface area contributed by atoms with Gasteiger partial charge in [0.1, 0.15) is 0 Å². The molecular formula is C9H8BF3KN. The van der Waals surface area contributed by atoms with E-state index in [-0.39, 0.29) is 56.9 Å². The number of pyridine rings is 1. The summed E-state index contributed by atoms with van der Waals surface area (Å²) in [6.45, 7) is -4.78. The summed E-state index contributed by atoms with van der Waals surface area (Å²) in [6.07, 6.45) is 5.72. The summed E-state index contributed by atoms with van der Waals surface area (Å²) in [4.78, 5) is 3.82. The molecule has 1 aromatic rings. The van der Waals surface area contributed by atoms with Gasteiger partial charge in [0.15, 0.2) is 0 Å². The summed E-state index contributed by atoms with van der Waals surface area (Å²) < 4.78 is 36.0. The van der Waals surface area contributed by atoms with Crippen molar-refractivity contribution in [3.8, 4) is 12.3 Å². The fraction of sp³-hybridized carbons (Fsp3) is 0.222. The quantitative estimate of drug-likeness (QED) is 0.495. The molecule has 1 rings (SSSR count). The predicted octanol–water partition coefficient (Wildman–Crippen LogP) is -0.810. The molecule has 0 unspecified atom stereocenters. The van der Waals surface area contributed by atoms with E-state index in [1.54, 1.807) is 0 Å². The molecule has 0 bridgehead atoms. The topological polar surface area (TPSA) is 12.9 Å². The smallest absolute Gasteiger partial charge is 0.449 e. The Morgan fingerprint density at radius 2 is 2.00 bits per heavy atom. The zero-order chi connectivity index (χ0) is 10.6. The van der Waals surface area contributed by atoms with Crippen molar-refractivity contribution in [2.24, 2.45) is 0 Å². The molecule has 1 heterocycles. The van der Waals surface area contributed by atoms with E-state index in [0.717, 1.165) is 0 Å². The predicted molar refractivity (Wildman–Crippen MR) is 49.6 cm³/mol. The van der Waals surface area contributed by atoms with Crippen molar-refractivity contribution in [1.29, 1.82) is 0 Å². The summed E-state index contributed by atoms with van der Waals surface area (Å²) in [7, 11) is 0. The van der Waals surface area contributed by atoms with Crippen LogP contribution in [-0.4, -0.2) is 12.0 Å². The molecule has 0 aliphatic rings. The molecule has 0 atom stereocenters. The third kappa shape index (κ3) is 6.38. The first-order valence-corrected chi connectivity index (χ1v) is 4.09. The van der Waals surface area contributed by atoms with Gasteiger partial charge in [0.25, 0.3) is 0 Å². The molecule has 0 amide bonds. The van der Waals surface area contributed by atoms with Gasteiger partial charge in [-0.2, -0.15) is 0 Å². The molecular weight excluding hydrogens is 229 g/mol. The van der Waals surface area contributed by atoms with Crippen molar-refractivity contribution in [2.45, 2.75) is 12.7 Å². The van der Waals surface area contributed by atoms with Crippen LogP contribution in [0.2, 0.25) is 0 Å². The van der Waals surface area contributed by atoms with Crippen LogP contribution >= 0.6 is 0 Å². The first kappa shape index (κ1) is 15.2. The molecule has 1 aromatic heterocycles. The number of aromatic nitrogens is 1. The molecule has 0 aliphatic heterocycles. The summed E-state index contributed by atoms with van der Waals surface area (Å²) in [5.74, 6) is 2.37. The van der Waals surface area contributed by atoms with Crippen LogP contribution in [0, 0.1) is 12.3 Å². The van der Waals surface area contributed by atoms with Crippen molar-refractivity contribution in [1.82, 2.24) is 4.98 Å². The van der Waals surface area contributed by atoms with Gasteiger partial charge in [0.05, 0.1) is 12.1 Å². The van der Waals surface area contributed by atoms with E-state index in [2.05, 4.69) is 10.9 Å². The Hall–Kier alpha value is 0.201. The minimum Gasteiger partial charge on any atom is -0.449 e. The molecule has 0 fully saturated rings. The normalized spacial score (nSPS) is 10.3. The molecule has 74 valence electrons. The van der Waals surface area contributed by atoms with Gasteiger partial charge < -0.3 is 12.9 Å². The second-order valence-corrected chi connectivity index (χ2v) is 2.95. The van der Waals surface area contributed by atoms with Gasteiger partial charge >= 0.3 is 58.4 Å². The zero-order valence-electron chi connectivity index (χ0n) is 8.38. The Morgan fingerprint density at radius 3 is 2.40 bits per heavy atom. The van der Waals surface area contributed by atoms with Gasteiger partial charge in [0.2, 0.25) is 0 Å². The van der Waals surface area contributed by atoms with Crippen molar-refractivity contribution < 1.29 is 64.3 Å². The molecule has 0 N–H and O–H groups in total. The van der Waals surface area contributed by atoms with Crippen LogP contribution in [0.3, 0.4) is 0 Å². The van der Waals surface area contributed by atoms with Crippen LogP contribution in [0.4, 0.5) is 12.9 Å². The third-order valence-electron chi connectivity index (χ3n) is 1.64. The maximum Gasteiger partial charge on any atom is 1.00 e. The summed E-state index contributed by atoms with van der Waals surface area (Å²) in [5, 5.41) is 0. The van der Waals surface area contributed by atoms with E-state index < -0.39 is 13.3 Å². The minimum atomic E-state index is -4.78. The van der Waals surface area contributed by atoms with Gasteiger partial charge in [-0.1, -0.05) is 17.9 Å². The van der Waals surface area contributed by atoms with Crippen molar-refractivity contribution in [2.75, 3.05) is 0 Å². The van der Waals surface area contributed by atoms with E-state index in [4.69, 9.17) is 6.42 Å². The molecule has 0 aliphatic carbocycles. The Morgan fingerprint density at radius 1 is 1.33 bits per heavy atom. The number of rotatable bonds is 3. The molecule has 0 saturated carbocycles. The Labute approximate surface area is 129 Å². The van der Waals surface area contributed by atoms with Crippen LogP contribution in [0.25, 0.3) is 0 Å². The fourth-order valence-corrected chi connectivity index (χ4v) is 1.05. The Bertz CT molecular complexity index is 342. The van der Waals surface area contributed by atoms with Gasteiger partial charge in [-0.3, -0.25) is 4.98 Å². The molecule has 0 aromatic carbocycles. The maximum atomic E-state index is 12.0. The number of hydrogen-bond acceptors (Lipinski definition) is 1. The van der Waals surface area contributed by atoms with Crippen molar-refractivity contribution >= 4 is 6.98 Å². The van der Waals surface area contributed by atoms with Crippen LogP contribution in [0.15, 0.2) is 18.3 Å². The number of halogens is 3.